The summed E-state index contributed by atoms with van der Waals surface area (Å²) >= 11 is 3.41. The van der Waals surface area contributed by atoms with E-state index >= 15 is 0 Å². The van der Waals surface area contributed by atoms with Crippen LogP contribution < -0.4 is 17.0 Å². The molecule has 0 aliphatic rings. The number of methoxy groups -OCH3 is 1. The van der Waals surface area contributed by atoms with E-state index in [-0.39, 0.29) is 18.2 Å². The molecule has 0 aliphatic carbocycles. The molecule has 0 unspecified atom stereocenters. The second kappa shape index (κ2) is 7.17. The molecule has 0 radical (unpaired) electrons. The summed E-state index contributed by atoms with van der Waals surface area (Å²) < 4.78 is 22.7. The molecule has 5 nitrogen and oxygen atoms in total. The Morgan fingerprint density at radius 2 is 1.97 bits per heavy atom. The third-order valence-corrected chi connectivity index (χ3v) is 5.52. The maximum atomic E-state index is 13.5. The van der Waals surface area contributed by atoms with Crippen LogP contribution in [0.5, 0.6) is 0 Å². The van der Waals surface area contributed by atoms with E-state index in [1.54, 1.807) is 16.8 Å². The van der Waals surface area contributed by atoms with E-state index in [1.807, 2.05) is 41.1 Å². The minimum absolute atomic E-state index is 0. The van der Waals surface area contributed by atoms with E-state index in [2.05, 4.69) is 20.9 Å². The molecule has 2 aromatic carbocycles. The van der Waals surface area contributed by atoms with Crippen molar-refractivity contribution < 1.29 is 30.9 Å². The SMILES string of the molecule is COC(=O)c1cc2c3ccccc3[nH]c2c2c[n+](-c3ccc(F)cc3Br)cn12.[Cl-]. The number of aromatic amines is 1. The molecule has 0 bridgehead atoms. The van der Waals surface area contributed by atoms with Gasteiger partial charge in [0.2, 0.25) is 5.69 Å². The quantitative estimate of drug-likeness (QED) is 0.312. The first-order valence-corrected chi connectivity index (χ1v) is 9.36. The fourth-order valence-corrected chi connectivity index (χ4v) is 4.15. The van der Waals surface area contributed by atoms with Crippen LogP contribution in [0.4, 0.5) is 4.39 Å². The molecule has 0 saturated heterocycles. The highest BCUT2D eigenvalue weighted by Gasteiger charge is 2.24. The number of nitrogens with zero attached hydrogens (tertiary/aromatic N) is 2. The lowest BCUT2D eigenvalue weighted by Crippen LogP contribution is -3.00. The van der Waals surface area contributed by atoms with Crippen LogP contribution in [-0.2, 0) is 4.74 Å². The lowest BCUT2D eigenvalue weighted by atomic mass is 10.1. The second-order valence-corrected chi connectivity index (χ2v) is 7.34. The summed E-state index contributed by atoms with van der Waals surface area (Å²) in [6.07, 6.45) is 3.69. The first-order chi connectivity index (χ1) is 13.6. The van der Waals surface area contributed by atoms with Crippen molar-refractivity contribution in [3.8, 4) is 5.69 Å². The fourth-order valence-electron chi connectivity index (χ4n) is 3.60. The molecular weight excluding hydrogens is 461 g/mol. The molecule has 146 valence electrons. The molecule has 0 spiro atoms. The molecule has 3 aromatic heterocycles. The average Bonchev–Trinajstić information content (AvgIpc) is 3.28. The molecule has 0 saturated carbocycles. The van der Waals surface area contributed by atoms with Crippen LogP contribution in [0.25, 0.3) is 33.0 Å². The Labute approximate surface area is 179 Å². The van der Waals surface area contributed by atoms with Crippen molar-refractivity contribution in [2.24, 2.45) is 0 Å². The van der Waals surface area contributed by atoms with Gasteiger partial charge in [-0.2, -0.15) is 4.40 Å². The number of benzene rings is 2. The number of imidazole rings is 1. The molecule has 5 rings (SSSR count). The van der Waals surface area contributed by atoms with Gasteiger partial charge in [-0.05, 0) is 40.2 Å². The Bertz CT molecular complexity index is 1410. The van der Waals surface area contributed by atoms with Crippen LogP contribution in [-0.4, -0.2) is 22.5 Å². The van der Waals surface area contributed by atoms with Crippen molar-refractivity contribution in [2.75, 3.05) is 7.11 Å². The van der Waals surface area contributed by atoms with Crippen LogP contribution in [0.15, 0.2) is 65.5 Å². The summed E-state index contributed by atoms with van der Waals surface area (Å²) in [6, 6.07) is 14.3. The van der Waals surface area contributed by atoms with E-state index < -0.39 is 5.97 Å². The zero-order chi connectivity index (χ0) is 19.4. The monoisotopic (exact) mass is 473 g/mol. The number of carbonyl (C=O) groups is 1. The van der Waals surface area contributed by atoms with Crippen LogP contribution in [0.1, 0.15) is 10.5 Å². The molecule has 0 amide bonds. The van der Waals surface area contributed by atoms with Crippen molar-refractivity contribution in [3.05, 3.63) is 77.0 Å². The van der Waals surface area contributed by atoms with Crippen LogP contribution >= 0.6 is 15.9 Å². The number of esters is 1. The van der Waals surface area contributed by atoms with Crippen molar-refractivity contribution in [3.63, 3.8) is 0 Å². The fraction of sp³-hybridized carbons (Fsp3) is 0.0476. The Hall–Kier alpha value is -2.90. The number of nitrogens with one attached hydrogen (secondary N) is 1. The molecule has 0 fully saturated rings. The molecule has 8 heteroatoms. The predicted octanol–water partition coefficient (Wildman–Crippen LogP) is 1.54. The summed E-state index contributed by atoms with van der Waals surface area (Å²) in [7, 11) is 1.36. The van der Waals surface area contributed by atoms with Gasteiger partial charge in [0.15, 0.2) is 5.52 Å². The number of carbonyl (C=O) groups excluding carboxylic acids is 1. The summed E-state index contributed by atoms with van der Waals surface area (Å²) in [5, 5.41) is 1.97. The maximum Gasteiger partial charge on any atom is 0.378 e. The largest absolute Gasteiger partial charge is 1.00 e. The number of aromatic nitrogens is 3. The molecule has 0 atom stereocenters. The minimum Gasteiger partial charge on any atom is -1.00 e. The molecular formula is C21H14BrClFN3O2. The smallest absolute Gasteiger partial charge is 0.378 e. The van der Waals surface area contributed by atoms with Crippen molar-refractivity contribution >= 4 is 49.2 Å². The average molecular weight is 475 g/mol. The van der Waals surface area contributed by atoms with Crippen molar-refractivity contribution in [1.29, 1.82) is 0 Å². The van der Waals surface area contributed by atoms with Gasteiger partial charge in [-0.25, -0.2) is 13.8 Å². The maximum absolute atomic E-state index is 13.5. The summed E-state index contributed by atoms with van der Waals surface area (Å²) in [6.45, 7) is 0. The molecule has 3 heterocycles. The normalized spacial score (nSPS) is 11.1. The van der Waals surface area contributed by atoms with E-state index in [0.29, 0.717) is 10.2 Å². The predicted molar refractivity (Wildman–Crippen MR) is 107 cm³/mol. The highest BCUT2D eigenvalue weighted by molar-refractivity contribution is 9.10. The number of hydrogen-bond acceptors (Lipinski definition) is 2. The number of para-hydroxylation sites is 1. The Balaban J connectivity index is 0.00000205. The van der Waals surface area contributed by atoms with Crippen molar-refractivity contribution in [1.82, 2.24) is 9.38 Å². The van der Waals surface area contributed by atoms with Gasteiger partial charge in [-0.15, -0.1) is 0 Å². The highest BCUT2D eigenvalue weighted by Crippen LogP contribution is 2.30. The Kier molecular flexibility index (Phi) is 4.80. The first-order valence-electron chi connectivity index (χ1n) is 8.57. The van der Waals surface area contributed by atoms with Gasteiger partial charge >= 0.3 is 5.97 Å². The topological polar surface area (TPSA) is 50.4 Å². The van der Waals surface area contributed by atoms with Gasteiger partial charge in [-0.1, -0.05) is 18.2 Å². The Morgan fingerprint density at radius 1 is 1.17 bits per heavy atom. The lowest BCUT2D eigenvalue weighted by Gasteiger charge is -2.00. The number of rotatable bonds is 2. The number of halogens is 3. The number of ether oxygens (including phenoxy) is 1. The van der Waals surface area contributed by atoms with Gasteiger partial charge < -0.3 is 22.1 Å². The Morgan fingerprint density at radius 3 is 2.72 bits per heavy atom. The molecule has 29 heavy (non-hydrogen) atoms. The third kappa shape index (κ3) is 2.97. The summed E-state index contributed by atoms with van der Waals surface area (Å²) in [5.41, 5.74) is 3.87. The number of fused-ring (bicyclic) bond motifs is 5. The minimum atomic E-state index is -0.432. The third-order valence-electron chi connectivity index (χ3n) is 4.89. The van der Waals surface area contributed by atoms with Crippen molar-refractivity contribution in [2.45, 2.75) is 0 Å². The lowest BCUT2D eigenvalue weighted by molar-refractivity contribution is -0.594. The van der Waals surface area contributed by atoms with E-state index in [4.69, 9.17) is 4.74 Å². The standard InChI is InChI=1S/C21H13BrFN3O2.ClH/c1-28-21(27)18-9-14-13-4-2-3-5-16(13)24-20(14)19-10-25(11-26(18)19)17-7-6-12(23)8-15(17)22;/h2-11H,1H3;1H. The van der Waals surface area contributed by atoms with Gasteiger partial charge in [0.05, 0.1) is 17.1 Å². The zero-order valence-electron chi connectivity index (χ0n) is 15.1. The summed E-state index contributed by atoms with van der Waals surface area (Å²) in [4.78, 5) is 15.9. The second-order valence-electron chi connectivity index (χ2n) is 6.48. The number of pyridine rings is 1. The van der Waals surface area contributed by atoms with E-state index in [9.17, 15) is 9.18 Å². The van der Waals surface area contributed by atoms with E-state index in [0.717, 1.165) is 33.0 Å². The highest BCUT2D eigenvalue weighted by atomic mass is 79.9. The number of H-pyrrole nitrogens is 1. The molecule has 0 aliphatic heterocycles. The number of hydrogen-bond donors (Lipinski definition) is 1. The molecule has 1 N–H and O–H groups in total. The van der Waals surface area contributed by atoms with Gasteiger partial charge in [0.25, 0.3) is 6.33 Å². The summed E-state index contributed by atoms with van der Waals surface area (Å²) in [5.74, 6) is -0.758. The van der Waals surface area contributed by atoms with Crippen LogP contribution in [0, 0.1) is 5.82 Å². The molecule has 5 aromatic rings. The van der Waals surface area contributed by atoms with Crippen LogP contribution in [0.3, 0.4) is 0 Å². The zero-order valence-corrected chi connectivity index (χ0v) is 17.5. The van der Waals surface area contributed by atoms with E-state index in [1.165, 1.54) is 19.2 Å². The first kappa shape index (κ1) is 19.4. The van der Waals surface area contributed by atoms with Gasteiger partial charge in [0, 0.05) is 22.4 Å². The van der Waals surface area contributed by atoms with Crippen LogP contribution in [0.2, 0.25) is 0 Å². The van der Waals surface area contributed by atoms with Gasteiger partial charge in [0.1, 0.15) is 17.7 Å². The van der Waals surface area contributed by atoms with Gasteiger partial charge in [-0.3, -0.25) is 0 Å².